The fourth-order valence-electron chi connectivity index (χ4n) is 2.97. The number of nitrogens with zero attached hydrogens (tertiary/aromatic N) is 1. The predicted molar refractivity (Wildman–Crippen MR) is 110 cm³/mol. The van der Waals surface area contributed by atoms with Crippen LogP contribution in [0.3, 0.4) is 0 Å². The van der Waals surface area contributed by atoms with Gasteiger partial charge in [-0.15, -0.1) is 0 Å². The van der Waals surface area contributed by atoms with Crippen LogP contribution in [0, 0.1) is 0 Å². The summed E-state index contributed by atoms with van der Waals surface area (Å²) in [5.74, 6) is 1.80. The average Bonchev–Trinajstić information content (AvgIpc) is 3.18. The highest BCUT2D eigenvalue weighted by Crippen LogP contribution is 2.40. The highest BCUT2D eigenvalue weighted by Gasteiger charge is 2.16. The minimum absolute atomic E-state index is 0.428. The van der Waals surface area contributed by atoms with Crippen LogP contribution in [-0.4, -0.2) is 10.2 Å². The number of nitrogen functional groups attached to an aromatic ring is 1. The number of hydrogen-bond acceptors (Lipinski definition) is 4. The van der Waals surface area contributed by atoms with E-state index in [9.17, 15) is 0 Å². The van der Waals surface area contributed by atoms with Crippen LogP contribution in [-0.2, 0) is 13.2 Å². The molecule has 0 aliphatic heterocycles. The van der Waals surface area contributed by atoms with Crippen molar-refractivity contribution < 1.29 is 9.47 Å². The van der Waals surface area contributed by atoms with Gasteiger partial charge in [-0.05, 0) is 17.2 Å². The molecule has 1 heterocycles. The van der Waals surface area contributed by atoms with E-state index in [4.69, 9.17) is 15.2 Å². The maximum Gasteiger partial charge on any atom is 0.169 e. The van der Waals surface area contributed by atoms with E-state index in [-0.39, 0.29) is 0 Å². The molecule has 0 spiro atoms. The van der Waals surface area contributed by atoms with Gasteiger partial charge in [0.1, 0.15) is 19.0 Å². The van der Waals surface area contributed by atoms with Crippen molar-refractivity contribution >= 4 is 5.82 Å². The number of nitrogens with one attached hydrogen (secondary N) is 1. The normalized spacial score (nSPS) is 10.6. The number of ether oxygens (including phenoxy) is 2. The van der Waals surface area contributed by atoms with Gasteiger partial charge in [0.2, 0.25) is 0 Å². The van der Waals surface area contributed by atoms with E-state index in [1.54, 1.807) is 6.20 Å². The smallest absolute Gasteiger partial charge is 0.169 e. The molecule has 0 unspecified atom stereocenters. The standard InChI is InChI=1S/C23H21N3O2/c24-23-20(14-25-26-23)19-12-7-13-21(27-15-17-8-3-1-4-9-17)22(19)28-16-18-10-5-2-6-11-18/h1-14H,15-16H2,(H3,24,25,26). The van der Waals surface area contributed by atoms with E-state index < -0.39 is 0 Å². The number of aromatic amines is 1. The lowest BCUT2D eigenvalue weighted by Crippen LogP contribution is -2.02. The Hall–Kier alpha value is -3.73. The number of H-pyrrole nitrogens is 1. The Bertz CT molecular complexity index is 1030. The van der Waals surface area contributed by atoms with E-state index in [1.165, 1.54) is 0 Å². The quantitative estimate of drug-likeness (QED) is 0.489. The number of benzene rings is 3. The van der Waals surface area contributed by atoms with Crippen LogP contribution >= 0.6 is 0 Å². The van der Waals surface area contributed by atoms with Crippen molar-refractivity contribution in [3.8, 4) is 22.6 Å². The van der Waals surface area contributed by atoms with Gasteiger partial charge in [0.05, 0.1) is 6.20 Å². The molecule has 28 heavy (non-hydrogen) atoms. The summed E-state index contributed by atoms with van der Waals surface area (Å²) in [6.45, 7) is 0.879. The molecule has 3 aromatic carbocycles. The summed E-state index contributed by atoms with van der Waals surface area (Å²) in [6, 6.07) is 25.8. The molecule has 0 bridgehead atoms. The first-order valence-electron chi connectivity index (χ1n) is 9.07. The summed E-state index contributed by atoms with van der Waals surface area (Å²) in [5, 5.41) is 6.81. The fraction of sp³-hybridized carbons (Fsp3) is 0.0870. The van der Waals surface area contributed by atoms with E-state index in [2.05, 4.69) is 10.2 Å². The summed E-state index contributed by atoms with van der Waals surface area (Å²) in [6.07, 6.45) is 1.70. The number of para-hydroxylation sites is 1. The highest BCUT2D eigenvalue weighted by atomic mass is 16.5. The molecule has 0 saturated heterocycles. The van der Waals surface area contributed by atoms with Crippen molar-refractivity contribution in [3.63, 3.8) is 0 Å². The lowest BCUT2D eigenvalue weighted by atomic mass is 10.1. The van der Waals surface area contributed by atoms with Gasteiger partial charge >= 0.3 is 0 Å². The molecule has 0 aliphatic carbocycles. The molecule has 4 aromatic rings. The summed E-state index contributed by atoms with van der Waals surface area (Å²) < 4.78 is 12.3. The first-order chi connectivity index (χ1) is 13.8. The third kappa shape index (κ3) is 3.99. The second-order valence-corrected chi connectivity index (χ2v) is 6.38. The Morgan fingerprint density at radius 2 is 1.36 bits per heavy atom. The average molecular weight is 371 g/mol. The van der Waals surface area contributed by atoms with E-state index in [0.717, 1.165) is 22.3 Å². The van der Waals surface area contributed by atoms with Crippen molar-refractivity contribution in [2.75, 3.05) is 5.73 Å². The van der Waals surface area contributed by atoms with Crippen LogP contribution < -0.4 is 15.2 Å². The van der Waals surface area contributed by atoms with Crippen LogP contribution in [0.15, 0.2) is 85.1 Å². The predicted octanol–water partition coefficient (Wildman–Crippen LogP) is 4.82. The van der Waals surface area contributed by atoms with Crippen LogP contribution in [0.2, 0.25) is 0 Å². The molecule has 0 radical (unpaired) electrons. The Labute approximate surface area is 163 Å². The van der Waals surface area contributed by atoms with Crippen molar-refractivity contribution in [1.82, 2.24) is 10.2 Å². The molecule has 0 fully saturated rings. The molecule has 0 amide bonds. The first-order valence-corrected chi connectivity index (χ1v) is 9.07. The molecule has 4 rings (SSSR count). The van der Waals surface area contributed by atoms with Crippen LogP contribution in [0.1, 0.15) is 11.1 Å². The largest absolute Gasteiger partial charge is 0.485 e. The maximum absolute atomic E-state index is 6.20. The van der Waals surface area contributed by atoms with Crippen molar-refractivity contribution in [2.45, 2.75) is 13.2 Å². The molecule has 0 aliphatic rings. The lowest BCUT2D eigenvalue weighted by molar-refractivity contribution is 0.257. The summed E-state index contributed by atoms with van der Waals surface area (Å²) in [5.41, 5.74) is 9.84. The second kappa shape index (κ2) is 8.31. The Morgan fingerprint density at radius 1 is 0.714 bits per heavy atom. The summed E-state index contributed by atoms with van der Waals surface area (Å²) >= 11 is 0. The van der Waals surface area contributed by atoms with Crippen LogP contribution in [0.5, 0.6) is 11.5 Å². The number of hydrogen-bond donors (Lipinski definition) is 2. The van der Waals surface area contributed by atoms with Gasteiger partial charge in [-0.25, -0.2) is 0 Å². The van der Waals surface area contributed by atoms with Gasteiger partial charge in [0.25, 0.3) is 0 Å². The minimum atomic E-state index is 0.428. The van der Waals surface area contributed by atoms with Crippen molar-refractivity contribution in [3.05, 3.63) is 96.2 Å². The third-order valence-electron chi connectivity index (χ3n) is 4.40. The number of anilines is 1. The molecular weight excluding hydrogens is 350 g/mol. The Kier molecular flexibility index (Phi) is 5.24. The molecule has 3 N–H and O–H groups in total. The Morgan fingerprint density at radius 3 is 1.96 bits per heavy atom. The van der Waals surface area contributed by atoms with Gasteiger partial charge in [0, 0.05) is 11.1 Å². The van der Waals surface area contributed by atoms with Crippen LogP contribution in [0.4, 0.5) is 5.82 Å². The molecule has 5 nitrogen and oxygen atoms in total. The highest BCUT2D eigenvalue weighted by molar-refractivity contribution is 5.80. The zero-order valence-electron chi connectivity index (χ0n) is 15.3. The third-order valence-corrected chi connectivity index (χ3v) is 4.40. The minimum Gasteiger partial charge on any atom is -0.485 e. The molecular formula is C23H21N3O2. The zero-order valence-corrected chi connectivity index (χ0v) is 15.3. The molecule has 0 saturated carbocycles. The molecule has 0 atom stereocenters. The molecule has 1 aromatic heterocycles. The monoisotopic (exact) mass is 371 g/mol. The van der Waals surface area contributed by atoms with Gasteiger partial charge in [-0.1, -0.05) is 72.8 Å². The lowest BCUT2D eigenvalue weighted by Gasteiger charge is -2.16. The first kappa shape index (κ1) is 17.7. The topological polar surface area (TPSA) is 73.2 Å². The molecule has 140 valence electrons. The van der Waals surface area contributed by atoms with Crippen molar-refractivity contribution in [2.24, 2.45) is 0 Å². The Balaban J connectivity index is 1.65. The number of rotatable bonds is 7. The van der Waals surface area contributed by atoms with E-state index in [1.807, 2.05) is 78.9 Å². The zero-order chi connectivity index (χ0) is 19.2. The number of aromatic nitrogens is 2. The van der Waals surface area contributed by atoms with Gasteiger partial charge in [0.15, 0.2) is 11.5 Å². The van der Waals surface area contributed by atoms with Gasteiger partial charge in [-0.2, -0.15) is 5.10 Å². The van der Waals surface area contributed by atoms with Crippen LogP contribution in [0.25, 0.3) is 11.1 Å². The second-order valence-electron chi connectivity index (χ2n) is 6.38. The van der Waals surface area contributed by atoms with E-state index >= 15 is 0 Å². The molecule has 5 heteroatoms. The summed E-state index contributed by atoms with van der Waals surface area (Å²) in [4.78, 5) is 0. The summed E-state index contributed by atoms with van der Waals surface area (Å²) in [7, 11) is 0. The maximum atomic E-state index is 6.20. The fourth-order valence-corrected chi connectivity index (χ4v) is 2.97. The van der Waals surface area contributed by atoms with Gasteiger partial charge < -0.3 is 15.2 Å². The number of nitrogens with two attached hydrogens (primary N) is 1. The SMILES string of the molecule is Nc1[nH]ncc1-c1cccc(OCc2ccccc2)c1OCc1ccccc1. The van der Waals surface area contributed by atoms with E-state index in [0.29, 0.717) is 30.5 Å². The van der Waals surface area contributed by atoms with Gasteiger partial charge in [-0.3, -0.25) is 5.10 Å². The van der Waals surface area contributed by atoms with Crippen molar-refractivity contribution in [1.29, 1.82) is 0 Å².